The number of hydrogen-bond acceptors (Lipinski definition) is 4. The Balaban J connectivity index is 2.23. The first-order valence-electron chi connectivity index (χ1n) is 5.63. The second kappa shape index (κ2) is 4.77. The highest BCUT2D eigenvalue weighted by atomic mass is 16.5. The molecule has 0 radical (unpaired) electrons. The molecule has 1 saturated heterocycles. The van der Waals surface area contributed by atoms with Crippen LogP contribution in [0.15, 0.2) is 6.07 Å². The molecular formula is C11H15N3O4. The van der Waals surface area contributed by atoms with Crippen LogP contribution in [0.25, 0.3) is 0 Å². The SMILES string of the molecule is Cc1cc(C(=O)N2CCOCC2C(=O)O)nn1C. The number of ether oxygens (including phenoxy) is 1. The van der Waals surface area contributed by atoms with Crippen LogP contribution in [0.1, 0.15) is 16.2 Å². The van der Waals surface area contributed by atoms with Crippen molar-refractivity contribution in [3.05, 3.63) is 17.5 Å². The van der Waals surface area contributed by atoms with Gasteiger partial charge in [0.2, 0.25) is 0 Å². The first-order chi connectivity index (χ1) is 8.50. The summed E-state index contributed by atoms with van der Waals surface area (Å²) in [5.74, 6) is -1.43. The Kier molecular flexibility index (Phi) is 3.33. The van der Waals surface area contributed by atoms with Gasteiger partial charge in [-0.3, -0.25) is 9.48 Å². The Labute approximate surface area is 104 Å². The van der Waals surface area contributed by atoms with E-state index < -0.39 is 12.0 Å². The molecule has 1 unspecified atom stereocenters. The molecular weight excluding hydrogens is 238 g/mol. The van der Waals surface area contributed by atoms with Crippen LogP contribution in [0.4, 0.5) is 0 Å². The number of hydrogen-bond donors (Lipinski definition) is 1. The molecule has 1 amide bonds. The number of aryl methyl sites for hydroxylation is 2. The van der Waals surface area contributed by atoms with Crippen molar-refractivity contribution in [2.45, 2.75) is 13.0 Å². The maximum absolute atomic E-state index is 12.2. The molecule has 7 nitrogen and oxygen atoms in total. The lowest BCUT2D eigenvalue weighted by Gasteiger charge is -2.32. The molecule has 1 aliphatic heterocycles. The lowest BCUT2D eigenvalue weighted by Crippen LogP contribution is -2.52. The Hall–Kier alpha value is -1.89. The molecule has 0 aromatic carbocycles. The standard InChI is InChI=1S/C11H15N3O4/c1-7-5-8(12-13(7)2)10(15)14-3-4-18-6-9(14)11(16)17/h5,9H,3-4,6H2,1-2H3,(H,16,17). The summed E-state index contributed by atoms with van der Waals surface area (Å²) in [5, 5.41) is 13.1. The topological polar surface area (TPSA) is 84.7 Å². The van der Waals surface area contributed by atoms with Gasteiger partial charge in [-0.1, -0.05) is 0 Å². The van der Waals surface area contributed by atoms with Crippen LogP contribution >= 0.6 is 0 Å². The van der Waals surface area contributed by atoms with Crippen molar-refractivity contribution in [1.29, 1.82) is 0 Å². The van der Waals surface area contributed by atoms with E-state index in [-0.39, 0.29) is 24.8 Å². The minimum atomic E-state index is -1.06. The first-order valence-corrected chi connectivity index (χ1v) is 5.63. The molecule has 1 aromatic rings. The van der Waals surface area contributed by atoms with Gasteiger partial charge in [0.25, 0.3) is 5.91 Å². The minimum Gasteiger partial charge on any atom is -0.480 e. The van der Waals surface area contributed by atoms with E-state index in [1.807, 2.05) is 6.92 Å². The van der Waals surface area contributed by atoms with Crippen molar-refractivity contribution in [3.63, 3.8) is 0 Å². The van der Waals surface area contributed by atoms with Gasteiger partial charge in [-0.2, -0.15) is 5.10 Å². The number of carbonyl (C=O) groups excluding carboxylic acids is 1. The van der Waals surface area contributed by atoms with Crippen molar-refractivity contribution < 1.29 is 19.4 Å². The third-order valence-corrected chi connectivity index (χ3v) is 3.01. The highest BCUT2D eigenvalue weighted by molar-refractivity contribution is 5.95. The third-order valence-electron chi connectivity index (χ3n) is 3.01. The lowest BCUT2D eigenvalue weighted by atomic mass is 10.2. The zero-order chi connectivity index (χ0) is 13.3. The average Bonchev–Trinajstić information content (AvgIpc) is 2.68. The van der Waals surface area contributed by atoms with Gasteiger partial charge in [0.15, 0.2) is 11.7 Å². The van der Waals surface area contributed by atoms with E-state index >= 15 is 0 Å². The fourth-order valence-corrected chi connectivity index (χ4v) is 1.86. The zero-order valence-electron chi connectivity index (χ0n) is 10.3. The van der Waals surface area contributed by atoms with Crippen molar-refractivity contribution in [1.82, 2.24) is 14.7 Å². The second-order valence-electron chi connectivity index (χ2n) is 4.22. The Morgan fingerprint density at radius 2 is 2.28 bits per heavy atom. The Morgan fingerprint density at radius 3 is 2.83 bits per heavy atom. The number of amides is 1. The van der Waals surface area contributed by atoms with E-state index in [0.717, 1.165) is 5.69 Å². The van der Waals surface area contributed by atoms with Crippen molar-refractivity contribution in [2.75, 3.05) is 19.8 Å². The minimum absolute atomic E-state index is 0.0207. The second-order valence-corrected chi connectivity index (χ2v) is 4.22. The summed E-state index contributed by atoms with van der Waals surface area (Å²) in [6, 6.07) is 0.713. The van der Waals surface area contributed by atoms with Gasteiger partial charge in [-0.15, -0.1) is 0 Å². The molecule has 0 aliphatic carbocycles. The summed E-state index contributed by atoms with van der Waals surface area (Å²) in [7, 11) is 1.74. The number of rotatable bonds is 2. The predicted molar refractivity (Wildman–Crippen MR) is 61.2 cm³/mol. The molecule has 18 heavy (non-hydrogen) atoms. The molecule has 1 atom stereocenters. The molecule has 1 aromatic heterocycles. The van der Waals surface area contributed by atoms with E-state index in [9.17, 15) is 9.59 Å². The number of carbonyl (C=O) groups is 2. The van der Waals surface area contributed by atoms with Crippen LogP contribution in [0.5, 0.6) is 0 Å². The van der Waals surface area contributed by atoms with E-state index in [4.69, 9.17) is 9.84 Å². The maximum atomic E-state index is 12.2. The fraction of sp³-hybridized carbons (Fsp3) is 0.545. The summed E-state index contributed by atoms with van der Waals surface area (Å²) < 4.78 is 6.68. The molecule has 0 bridgehead atoms. The predicted octanol–water partition coefficient (Wildman–Crippen LogP) is -0.346. The first kappa shape index (κ1) is 12.6. The van der Waals surface area contributed by atoms with Gasteiger partial charge in [0.05, 0.1) is 13.2 Å². The quantitative estimate of drug-likeness (QED) is 0.779. The van der Waals surface area contributed by atoms with E-state index in [1.54, 1.807) is 17.8 Å². The molecule has 7 heteroatoms. The van der Waals surface area contributed by atoms with E-state index in [0.29, 0.717) is 6.61 Å². The van der Waals surface area contributed by atoms with Crippen LogP contribution in [-0.2, 0) is 16.6 Å². The largest absolute Gasteiger partial charge is 0.480 e. The fourth-order valence-electron chi connectivity index (χ4n) is 1.86. The number of carboxylic acid groups (broad SMARTS) is 1. The summed E-state index contributed by atoms with van der Waals surface area (Å²) in [4.78, 5) is 24.6. The van der Waals surface area contributed by atoms with Gasteiger partial charge in [0, 0.05) is 19.3 Å². The van der Waals surface area contributed by atoms with Crippen molar-refractivity contribution in [2.24, 2.45) is 7.05 Å². The van der Waals surface area contributed by atoms with Crippen molar-refractivity contribution in [3.8, 4) is 0 Å². The highest BCUT2D eigenvalue weighted by Gasteiger charge is 2.34. The smallest absolute Gasteiger partial charge is 0.328 e. The van der Waals surface area contributed by atoms with Crippen LogP contribution in [-0.4, -0.2) is 57.5 Å². The van der Waals surface area contributed by atoms with E-state index in [2.05, 4.69) is 5.10 Å². The van der Waals surface area contributed by atoms with Crippen molar-refractivity contribution >= 4 is 11.9 Å². The lowest BCUT2D eigenvalue weighted by molar-refractivity contribution is -0.147. The number of nitrogens with zero attached hydrogens (tertiary/aromatic N) is 3. The van der Waals surface area contributed by atoms with Crippen LogP contribution in [0.3, 0.4) is 0 Å². The Morgan fingerprint density at radius 1 is 1.56 bits per heavy atom. The van der Waals surface area contributed by atoms with E-state index in [1.165, 1.54) is 4.90 Å². The van der Waals surface area contributed by atoms with Gasteiger partial charge in [0.1, 0.15) is 0 Å². The third kappa shape index (κ3) is 2.21. The molecule has 98 valence electrons. The molecule has 1 N–H and O–H groups in total. The Bertz CT molecular complexity index is 463. The number of aromatic nitrogens is 2. The van der Waals surface area contributed by atoms with Gasteiger partial charge in [-0.25, -0.2) is 4.79 Å². The zero-order valence-corrected chi connectivity index (χ0v) is 10.3. The molecule has 0 saturated carbocycles. The molecule has 1 aliphatic rings. The molecule has 0 spiro atoms. The molecule has 2 heterocycles. The normalized spacial score (nSPS) is 19.9. The van der Waals surface area contributed by atoms with Gasteiger partial charge in [-0.05, 0) is 13.0 Å². The number of morpholine rings is 1. The number of aliphatic carboxylic acids is 1. The molecule has 2 rings (SSSR count). The molecule has 1 fully saturated rings. The summed E-state index contributed by atoms with van der Waals surface area (Å²) in [6.45, 7) is 2.47. The monoisotopic (exact) mass is 253 g/mol. The highest BCUT2D eigenvalue weighted by Crippen LogP contribution is 2.12. The maximum Gasteiger partial charge on any atom is 0.328 e. The van der Waals surface area contributed by atoms with Crippen LogP contribution in [0.2, 0.25) is 0 Å². The van der Waals surface area contributed by atoms with Crippen LogP contribution in [0, 0.1) is 6.92 Å². The summed E-state index contributed by atoms with van der Waals surface area (Å²) >= 11 is 0. The summed E-state index contributed by atoms with van der Waals surface area (Å²) in [6.07, 6.45) is 0. The average molecular weight is 253 g/mol. The van der Waals surface area contributed by atoms with Crippen LogP contribution < -0.4 is 0 Å². The van der Waals surface area contributed by atoms with Gasteiger partial charge >= 0.3 is 5.97 Å². The number of carboxylic acids is 1. The van der Waals surface area contributed by atoms with Gasteiger partial charge < -0.3 is 14.7 Å². The summed E-state index contributed by atoms with van der Waals surface area (Å²) in [5.41, 5.74) is 1.11.